The molecule has 6 heteroatoms. The van der Waals surface area contributed by atoms with Crippen molar-refractivity contribution < 1.29 is 28.6 Å². The zero-order valence-electron chi connectivity index (χ0n) is 37.7. The summed E-state index contributed by atoms with van der Waals surface area (Å²) in [5.41, 5.74) is 0. The van der Waals surface area contributed by atoms with Gasteiger partial charge in [-0.15, -0.1) is 0 Å². The van der Waals surface area contributed by atoms with Crippen LogP contribution >= 0.6 is 0 Å². The molecule has 0 heterocycles. The fourth-order valence-corrected chi connectivity index (χ4v) is 5.80. The molecule has 0 spiro atoms. The van der Waals surface area contributed by atoms with E-state index in [9.17, 15) is 14.4 Å². The second-order valence-corrected chi connectivity index (χ2v) is 14.9. The van der Waals surface area contributed by atoms with E-state index in [-0.39, 0.29) is 38.0 Å². The molecule has 0 aliphatic carbocycles. The van der Waals surface area contributed by atoms with Crippen LogP contribution in [0.3, 0.4) is 0 Å². The van der Waals surface area contributed by atoms with Gasteiger partial charge in [0.15, 0.2) is 6.10 Å². The fraction of sp³-hybridized carbons (Fsp3) is 0.604. The summed E-state index contributed by atoms with van der Waals surface area (Å²) in [4.78, 5) is 37.7. The van der Waals surface area contributed by atoms with E-state index >= 15 is 0 Å². The SMILES string of the molecule is CC/C=C\C/C=C\C/C=C\C/C=C\C/C=C\CC(=O)OCC(COC(=O)CCCCCCC/C=C\CCCC)OC(=O)CCCCCCC/C=C\C/C=C\C/C=C\CC. The molecule has 0 radical (unpaired) electrons. The maximum absolute atomic E-state index is 12.7. The van der Waals surface area contributed by atoms with Crippen LogP contribution in [-0.4, -0.2) is 37.2 Å². The van der Waals surface area contributed by atoms with Gasteiger partial charge < -0.3 is 14.2 Å². The Morgan fingerprint density at radius 2 is 0.729 bits per heavy atom. The highest BCUT2D eigenvalue weighted by Crippen LogP contribution is 2.12. The average molecular weight is 817 g/mol. The van der Waals surface area contributed by atoms with Crippen LogP contribution in [0.2, 0.25) is 0 Å². The van der Waals surface area contributed by atoms with Crippen LogP contribution in [0.25, 0.3) is 0 Å². The summed E-state index contributed by atoms with van der Waals surface area (Å²) in [6.45, 7) is 6.23. The Morgan fingerprint density at radius 3 is 1.20 bits per heavy atom. The predicted octanol–water partition coefficient (Wildman–Crippen LogP) is 15.2. The normalized spacial score (nSPS) is 13.1. The molecule has 0 bridgehead atoms. The lowest BCUT2D eigenvalue weighted by Crippen LogP contribution is -2.30. The number of carbonyl (C=O) groups is 3. The standard InChI is InChI=1S/C53H84O6/c1-4-7-10-13-16-19-22-24-26-28-31-34-37-40-43-46-52(55)58-49-50(48-57-51(54)45-42-39-36-33-30-21-18-15-12-9-6-3)59-53(56)47-44-41-38-35-32-29-27-25-23-20-17-14-11-8-5-2/h7-8,10-11,15-20,24-27,31,34,40,43,50H,4-6,9,12-14,21-23,28-30,32-33,35-39,41-42,44-49H2,1-3H3/b10-7-,11-8-,18-15-,19-16-,20-17-,26-24-,27-25-,34-31-,43-40-. The van der Waals surface area contributed by atoms with E-state index in [4.69, 9.17) is 14.2 Å². The molecule has 0 aliphatic rings. The van der Waals surface area contributed by atoms with Gasteiger partial charge in [-0.1, -0.05) is 182 Å². The summed E-state index contributed by atoms with van der Waals surface area (Å²) in [6, 6.07) is 0. The first-order valence-electron chi connectivity index (χ1n) is 23.4. The Morgan fingerprint density at radius 1 is 0.373 bits per heavy atom. The van der Waals surface area contributed by atoms with Crippen LogP contribution in [0.1, 0.15) is 188 Å². The monoisotopic (exact) mass is 817 g/mol. The first-order chi connectivity index (χ1) is 29.0. The third kappa shape index (κ3) is 45.0. The number of carbonyl (C=O) groups excluding carboxylic acids is 3. The number of esters is 3. The highest BCUT2D eigenvalue weighted by molar-refractivity contribution is 5.72. The molecule has 332 valence electrons. The highest BCUT2D eigenvalue weighted by atomic mass is 16.6. The summed E-state index contributed by atoms with van der Waals surface area (Å²) in [7, 11) is 0. The van der Waals surface area contributed by atoms with Crippen molar-refractivity contribution in [1.29, 1.82) is 0 Å². The van der Waals surface area contributed by atoms with Gasteiger partial charge in [0, 0.05) is 12.8 Å². The zero-order valence-corrected chi connectivity index (χ0v) is 37.7. The van der Waals surface area contributed by atoms with E-state index < -0.39 is 12.1 Å². The fourth-order valence-electron chi connectivity index (χ4n) is 5.80. The number of rotatable bonds is 40. The highest BCUT2D eigenvalue weighted by Gasteiger charge is 2.19. The first kappa shape index (κ1) is 55.1. The maximum atomic E-state index is 12.7. The van der Waals surface area contributed by atoms with Crippen LogP contribution in [0.5, 0.6) is 0 Å². The molecule has 1 unspecified atom stereocenters. The van der Waals surface area contributed by atoms with Gasteiger partial charge in [0.1, 0.15) is 13.2 Å². The molecule has 6 nitrogen and oxygen atoms in total. The molecule has 0 saturated carbocycles. The van der Waals surface area contributed by atoms with Crippen molar-refractivity contribution in [3.05, 3.63) is 109 Å². The minimum Gasteiger partial charge on any atom is -0.462 e. The molecule has 0 aromatic carbocycles. The largest absolute Gasteiger partial charge is 0.462 e. The second kappa shape index (κ2) is 46.8. The molecule has 0 aromatic rings. The van der Waals surface area contributed by atoms with Crippen molar-refractivity contribution in [1.82, 2.24) is 0 Å². The quantitative estimate of drug-likeness (QED) is 0.0265. The molecule has 1 atom stereocenters. The summed E-state index contributed by atoms with van der Waals surface area (Å²) in [5, 5.41) is 0. The molecular formula is C53H84O6. The van der Waals surface area contributed by atoms with Gasteiger partial charge in [-0.3, -0.25) is 14.4 Å². The number of hydrogen-bond donors (Lipinski definition) is 0. The zero-order chi connectivity index (χ0) is 43.0. The summed E-state index contributed by atoms with van der Waals surface area (Å²) >= 11 is 0. The van der Waals surface area contributed by atoms with Crippen LogP contribution in [0.4, 0.5) is 0 Å². The Labute approximate surface area is 361 Å². The Balaban J connectivity index is 4.57. The van der Waals surface area contributed by atoms with Crippen LogP contribution in [-0.2, 0) is 28.6 Å². The van der Waals surface area contributed by atoms with Gasteiger partial charge in [-0.2, -0.15) is 0 Å². The van der Waals surface area contributed by atoms with Crippen molar-refractivity contribution in [2.24, 2.45) is 0 Å². The van der Waals surface area contributed by atoms with Crippen LogP contribution in [0, 0.1) is 0 Å². The predicted molar refractivity (Wildman–Crippen MR) is 251 cm³/mol. The molecule has 0 aliphatic heterocycles. The first-order valence-corrected chi connectivity index (χ1v) is 23.4. The second-order valence-electron chi connectivity index (χ2n) is 14.9. The van der Waals surface area contributed by atoms with E-state index in [2.05, 4.69) is 118 Å². The van der Waals surface area contributed by atoms with Crippen LogP contribution < -0.4 is 0 Å². The van der Waals surface area contributed by atoms with E-state index in [1.807, 2.05) is 6.08 Å². The summed E-state index contributed by atoms with van der Waals surface area (Å²) < 4.78 is 16.6. The Hall–Kier alpha value is -3.93. The lowest BCUT2D eigenvalue weighted by atomic mass is 10.1. The minimum absolute atomic E-state index is 0.118. The third-order valence-corrected chi connectivity index (χ3v) is 9.28. The molecule has 0 saturated heterocycles. The van der Waals surface area contributed by atoms with Crippen LogP contribution in [0.15, 0.2) is 109 Å². The average Bonchev–Trinajstić information content (AvgIpc) is 3.23. The van der Waals surface area contributed by atoms with Gasteiger partial charge in [0.2, 0.25) is 0 Å². The Bertz CT molecular complexity index is 1260. The molecule has 0 fully saturated rings. The number of unbranched alkanes of at least 4 members (excludes halogenated alkanes) is 12. The Kier molecular flexibility index (Phi) is 43.6. The van der Waals surface area contributed by atoms with Gasteiger partial charge >= 0.3 is 17.9 Å². The molecular weight excluding hydrogens is 733 g/mol. The van der Waals surface area contributed by atoms with Crippen molar-refractivity contribution in [2.75, 3.05) is 13.2 Å². The van der Waals surface area contributed by atoms with E-state index in [1.54, 1.807) is 6.08 Å². The van der Waals surface area contributed by atoms with Crippen molar-refractivity contribution >= 4 is 17.9 Å². The number of ether oxygens (including phenoxy) is 3. The number of hydrogen-bond acceptors (Lipinski definition) is 6. The molecule has 59 heavy (non-hydrogen) atoms. The minimum atomic E-state index is -0.830. The van der Waals surface area contributed by atoms with Crippen molar-refractivity contribution in [3.8, 4) is 0 Å². The smallest absolute Gasteiger partial charge is 0.309 e. The van der Waals surface area contributed by atoms with Crippen molar-refractivity contribution in [2.45, 2.75) is 194 Å². The molecule has 0 N–H and O–H groups in total. The summed E-state index contributed by atoms with van der Waals surface area (Å²) in [6.07, 6.45) is 62.4. The molecule has 0 rings (SSSR count). The van der Waals surface area contributed by atoms with E-state index in [0.717, 1.165) is 122 Å². The number of allylic oxidation sites excluding steroid dienone is 17. The molecule has 0 amide bonds. The third-order valence-electron chi connectivity index (χ3n) is 9.28. The van der Waals surface area contributed by atoms with Gasteiger partial charge in [0.25, 0.3) is 0 Å². The summed E-state index contributed by atoms with van der Waals surface area (Å²) in [5.74, 6) is -1.09. The van der Waals surface area contributed by atoms with Crippen molar-refractivity contribution in [3.63, 3.8) is 0 Å². The maximum Gasteiger partial charge on any atom is 0.309 e. The topological polar surface area (TPSA) is 78.9 Å². The van der Waals surface area contributed by atoms with Gasteiger partial charge in [-0.05, 0) is 96.3 Å². The van der Waals surface area contributed by atoms with E-state index in [0.29, 0.717) is 6.42 Å². The van der Waals surface area contributed by atoms with Gasteiger partial charge in [0.05, 0.1) is 6.42 Å². The lowest BCUT2D eigenvalue weighted by Gasteiger charge is -2.18. The lowest BCUT2D eigenvalue weighted by molar-refractivity contribution is -0.166. The van der Waals surface area contributed by atoms with E-state index in [1.165, 1.54) is 25.7 Å². The van der Waals surface area contributed by atoms with Gasteiger partial charge in [-0.25, -0.2) is 0 Å². The molecule has 0 aromatic heterocycles.